The van der Waals surface area contributed by atoms with Crippen LogP contribution in [-0.2, 0) is 27.3 Å². The molecule has 0 saturated carbocycles. The first kappa shape index (κ1) is 26.6. The van der Waals surface area contributed by atoms with E-state index in [1.807, 2.05) is 96.1 Å². The molecule has 35 heavy (non-hydrogen) atoms. The highest BCUT2D eigenvalue weighted by molar-refractivity contribution is 5.74. The summed E-state index contributed by atoms with van der Waals surface area (Å²) in [6.45, 7) is 12.7. The van der Waals surface area contributed by atoms with E-state index in [4.69, 9.17) is 14.2 Å². The number of hydrogen-bond acceptors (Lipinski definition) is 5. The van der Waals surface area contributed by atoms with Crippen LogP contribution in [0.5, 0.6) is 5.75 Å². The molecule has 1 fully saturated rings. The van der Waals surface area contributed by atoms with Crippen molar-refractivity contribution in [3.8, 4) is 5.75 Å². The van der Waals surface area contributed by atoms with Gasteiger partial charge in [-0.2, -0.15) is 0 Å². The van der Waals surface area contributed by atoms with Gasteiger partial charge in [-0.1, -0.05) is 42.5 Å². The zero-order chi connectivity index (χ0) is 25.6. The maximum Gasteiger partial charge on any atom is 0.410 e. The van der Waals surface area contributed by atoms with E-state index in [2.05, 4.69) is 0 Å². The first-order valence-corrected chi connectivity index (χ1v) is 12.4. The van der Waals surface area contributed by atoms with Crippen LogP contribution in [0.15, 0.2) is 54.6 Å². The Morgan fingerprint density at radius 2 is 1.57 bits per heavy atom. The van der Waals surface area contributed by atoms with Crippen LogP contribution in [0.1, 0.15) is 59.1 Å². The van der Waals surface area contributed by atoms with Crippen molar-refractivity contribution in [1.29, 1.82) is 0 Å². The Kier molecular flexibility index (Phi) is 8.47. The van der Waals surface area contributed by atoms with E-state index in [0.717, 1.165) is 23.3 Å². The van der Waals surface area contributed by atoms with E-state index in [0.29, 0.717) is 26.1 Å². The molecule has 2 atom stereocenters. The van der Waals surface area contributed by atoms with Gasteiger partial charge in [0.2, 0.25) is 0 Å². The van der Waals surface area contributed by atoms with Crippen molar-refractivity contribution in [1.82, 2.24) is 4.90 Å². The third-order valence-electron chi connectivity index (χ3n) is 5.76. The number of esters is 1. The molecule has 0 aliphatic carbocycles. The highest BCUT2D eigenvalue weighted by Crippen LogP contribution is 2.31. The number of rotatable bonds is 7. The number of benzene rings is 2. The summed E-state index contributed by atoms with van der Waals surface area (Å²) in [4.78, 5) is 27.6. The minimum Gasteiger partial charge on any atom is -0.489 e. The second-order valence-electron chi connectivity index (χ2n) is 11.2. The van der Waals surface area contributed by atoms with E-state index in [-0.39, 0.29) is 23.9 Å². The van der Waals surface area contributed by atoms with Crippen LogP contribution < -0.4 is 4.74 Å². The van der Waals surface area contributed by atoms with Crippen LogP contribution in [0.25, 0.3) is 0 Å². The van der Waals surface area contributed by atoms with Crippen LogP contribution in [0.4, 0.5) is 4.79 Å². The van der Waals surface area contributed by atoms with Crippen LogP contribution >= 0.6 is 0 Å². The summed E-state index contributed by atoms with van der Waals surface area (Å²) in [5.41, 5.74) is 0.958. The van der Waals surface area contributed by atoms with Crippen molar-refractivity contribution in [2.75, 3.05) is 13.1 Å². The first-order valence-electron chi connectivity index (χ1n) is 12.4. The minimum absolute atomic E-state index is 0.00809. The largest absolute Gasteiger partial charge is 0.489 e. The molecule has 1 saturated heterocycles. The Morgan fingerprint density at radius 3 is 2.23 bits per heavy atom. The van der Waals surface area contributed by atoms with Crippen LogP contribution in [-0.4, -0.2) is 41.3 Å². The van der Waals surface area contributed by atoms with Gasteiger partial charge in [-0.3, -0.25) is 4.79 Å². The van der Waals surface area contributed by atoms with Crippen molar-refractivity contribution in [3.05, 3.63) is 65.7 Å². The highest BCUT2D eigenvalue weighted by atomic mass is 16.6. The van der Waals surface area contributed by atoms with Crippen LogP contribution in [0, 0.1) is 11.8 Å². The van der Waals surface area contributed by atoms with Gasteiger partial charge in [-0.05, 0) is 83.6 Å². The average Bonchev–Trinajstić information content (AvgIpc) is 3.25. The molecule has 1 aliphatic heterocycles. The number of amides is 1. The van der Waals surface area contributed by atoms with E-state index in [1.54, 1.807) is 4.90 Å². The summed E-state index contributed by atoms with van der Waals surface area (Å²) in [5.74, 6) is 0.150. The molecule has 3 rings (SSSR count). The number of ether oxygens (including phenoxy) is 3. The Hall–Kier alpha value is -3.02. The summed E-state index contributed by atoms with van der Waals surface area (Å²) in [5, 5.41) is 0. The molecule has 1 unspecified atom stereocenters. The van der Waals surface area contributed by atoms with Crippen molar-refractivity contribution in [2.24, 2.45) is 11.8 Å². The molecule has 2 aromatic rings. The topological polar surface area (TPSA) is 65.1 Å². The number of carbonyl (C=O) groups is 2. The standard InChI is InChI=1S/C29H39NO5/c1-28(2,3)34-26(31)25(23-15-16-30(19-23)27(32)35-29(4,5)6)18-22-13-10-14-24(17-22)33-20-21-11-8-7-9-12-21/h7-14,17,23,25H,15-16,18-20H2,1-6H3/t23-,25?/m0/s1. The lowest BCUT2D eigenvalue weighted by Gasteiger charge is -2.28. The summed E-state index contributed by atoms with van der Waals surface area (Å²) in [6, 6.07) is 17.9. The van der Waals surface area contributed by atoms with Gasteiger partial charge in [0.15, 0.2) is 0 Å². The van der Waals surface area contributed by atoms with Crippen LogP contribution in [0.2, 0.25) is 0 Å². The van der Waals surface area contributed by atoms with E-state index < -0.39 is 11.2 Å². The quantitative estimate of drug-likeness (QED) is 0.452. The molecule has 0 aromatic heterocycles. The van der Waals surface area contributed by atoms with Crippen molar-refractivity contribution < 1.29 is 23.8 Å². The van der Waals surface area contributed by atoms with Gasteiger partial charge in [0.1, 0.15) is 23.6 Å². The Balaban J connectivity index is 1.72. The summed E-state index contributed by atoms with van der Waals surface area (Å²) in [6.07, 6.45) is 0.914. The monoisotopic (exact) mass is 481 g/mol. The molecule has 1 heterocycles. The molecular formula is C29H39NO5. The minimum atomic E-state index is -0.584. The van der Waals surface area contributed by atoms with E-state index in [9.17, 15) is 9.59 Å². The maximum absolute atomic E-state index is 13.3. The number of hydrogen-bond donors (Lipinski definition) is 0. The number of likely N-dealkylation sites (tertiary alicyclic amines) is 1. The second-order valence-corrected chi connectivity index (χ2v) is 11.2. The number of nitrogens with zero attached hydrogens (tertiary/aromatic N) is 1. The summed E-state index contributed by atoms with van der Waals surface area (Å²) in [7, 11) is 0. The first-order chi connectivity index (χ1) is 16.4. The van der Waals surface area contributed by atoms with Gasteiger partial charge < -0.3 is 19.1 Å². The average molecular weight is 482 g/mol. The summed E-state index contributed by atoms with van der Waals surface area (Å²) < 4.78 is 17.3. The second kappa shape index (κ2) is 11.1. The van der Waals surface area contributed by atoms with Gasteiger partial charge in [-0.15, -0.1) is 0 Å². The Morgan fingerprint density at radius 1 is 0.914 bits per heavy atom. The molecule has 0 N–H and O–H groups in total. The predicted octanol–water partition coefficient (Wildman–Crippen LogP) is 6.02. The molecule has 6 heteroatoms. The molecule has 0 bridgehead atoms. The third kappa shape index (κ3) is 8.61. The third-order valence-corrected chi connectivity index (χ3v) is 5.76. The van der Waals surface area contributed by atoms with E-state index >= 15 is 0 Å². The van der Waals surface area contributed by atoms with Gasteiger partial charge in [0.05, 0.1) is 5.92 Å². The predicted molar refractivity (Wildman–Crippen MR) is 136 cm³/mol. The number of carbonyl (C=O) groups excluding carboxylic acids is 2. The van der Waals surface area contributed by atoms with Crippen molar-refractivity contribution >= 4 is 12.1 Å². The lowest BCUT2D eigenvalue weighted by molar-refractivity contribution is -0.161. The van der Waals surface area contributed by atoms with Crippen molar-refractivity contribution in [2.45, 2.75) is 72.2 Å². The highest BCUT2D eigenvalue weighted by Gasteiger charge is 2.39. The lowest BCUT2D eigenvalue weighted by Crippen LogP contribution is -2.38. The normalized spacial score (nSPS) is 17.1. The molecule has 0 spiro atoms. The van der Waals surface area contributed by atoms with Gasteiger partial charge in [0.25, 0.3) is 0 Å². The molecule has 2 aromatic carbocycles. The molecule has 6 nitrogen and oxygen atoms in total. The molecular weight excluding hydrogens is 442 g/mol. The molecule has 1 aliphatic rings. The smallest absolute Gasteiger partial charge is 0.410 e. The molecule has 0 radical (unpaired) electrons. The zero-order valence-electron chi connectivity index (χ0n) is 21.9. The molecule has 190 valence electrons. The van der Waals surface area contributed by atoms with Crippen molar-refractivity contribution in [3.63, 3.8) is 0 Å². The fraction of sp³-hybridized carbons (Fsp3) is 0.517. The fourth-order valence-electron chi connectivity index (χ4n) is 4.19. The Bertz CT molecular complexity index is 990. The maximum atomic E-state index is 13.3. The fourth-order valence-corrected chi connectivity index (χ4v) is 4.19. The molecule has 1 amide bonds. The van der Waals surface area contributed by atoms with Crippen LogP contribution in [0.3, 0.4) is 0 Å². The van der Waals surface area contributed by atoms with E-state index in [1.165, 1.54) is 0 Å². The summed E-state index contributed by atoms with van der Waals surface area (Å²) >= 11 is 0. The SMILES string of the molecule is CC(C)(C)OC(=O)C(Cc1cccc(OCc2ccccc2)c1)[C@H]1CCN(C(=O)OC(C)(C)C)C1. The van der Waals surface area contributed by atoms with Gasteiger partial charge in [-0.25, -0.2) is 4.79 Å². The van der Waals surface area contributed by atoms with Gasteiger partial charge >= 0.3 is 12.1 Å². The Labute approximate surface area is 209 Å². The zero-order valence-corrected chi connectivity index (χ0v) is 21.9. The van der Waals surface area contributed by atoms with Gasteiger partial charge in [0, 0.05) is 13.1 Å². The lowest BCUT2D eigenvalue weighted by atomic mass is 9.86.